The summed E-state index contributed by atoms with van der Waals surface area (Å²) in [7, 11) is 0. The molecule has 0 fully saturated rings. The Kier molecular flexibility index (Phi) is 1.93. The van der Waals surface area contributed by atoms with E-state index in [1.165, 1.54) is 18.5 Å². The Balaban J connectivity index is 2.73. The first kappa shape index (κ1) is 8.70. The third-order valence-corrected chi connectivity index (χ3v) is 2.06. The van der Waals surface area contributed by atoms with E-state index in [1.54, 1.807) is 0 Å². The molecule has 2 aromatic heterocycles. The Morgan fingerprint density at radius 1 is 1.57 bits per heavy atom. The highest BCUT2D eigenvalue weighted by molar-refractivity contribution is 7.71. The molecule has 0 aliphatic rings. The Hall–Kier alpha value is -1.89. The van der Waals surface area contributed by atoms with Crippen molar-refractivity contribution in [3.05, 3.63) is 33.5 Å². The maximum Gasteiger partial charge on any atom is 0.214 e. The van der Waals surface area contributed by atoms with E-state index >= 15 is 0 Å². The molecule has 0 amide bonds. The van der Waals surface area contributed by atoms with Crippen molar-refractivity contribution in [1.82, 2.24) is 19.9 Å². The Labute approximate surface area is 83.4 Å². The van der Waals surface area contributed by atoms with E-state index in [4.69, 9.17) is 18.1 Å². The predicted octanol–water partition coefficient (Wildman–Crippen LogP) is 0.00979. The van der Waals surface area contributed by atoms with Crippen LogP contribution in [0.25, 0.3) is 11.4 Å². The summed E-state index contributed by atoms with van der Waals surface area (Å²) in [4.78, 5) is 14.2. The average Bonchev–Trinajstić information content (AvgIpc) is 2.49. The van der Waals surface area contributed by atoms with Crippen molar-refractivity contribution in [3.63, 3.8) is 0 Å². The topological polar surface area (TPSA) is 92.5 Å². The van der Waals surface area contributed by atoms with Crippen molar-refractivity contribution >= 4 is 12.2 Å². The van der Waals surface area contributed by atoms with Gasteiger partial charge < -0.3 is 10.8 Å². The number of nitrogens with zero attached hydrogens (tertiary/aromatic N) is 2. The molecule has 2 heterocycles. The number of hydrogen-bond acceptors (Lipinski definition) is 4. The van der Waals surface area contributed by atoms with Gasteiger partial charge in [0.2, 0.25) is 4.77 Å². The molecule has 0 aliphatic heterocycles. The van der Waals surface area contributed by atoms with Gasteiger partial charge in [-0.3, -0.25) is 4.79 Å². The third kappa shape index (κ3) is 1.23. The van der Waals surface area contributed by atoms with Crippen LogP contribution in [0, 0.1) is 4.77 Å². The summed E-state index contributed by atoms with van der Waals surface area (Å²) in [5.74, 6) is 5.89. The summed E-state index contributed by atoms with van der Waals surface area (Å²) >= 11 is 4.83. The molecule has 7 heteroatoms. The van der Waals surface area contributed by atoms with E-state index in [0.717, 1.165) is 4.68 Å². The molecule has 2 aromatic rings. The van der Waals surface area contributed by atoms with Gasteiger partial charge in [0.25, 0.3) is 0 Å². The first-order chi connectivity index (χ1) is 6.70. The van der Waals surface area contributed by atoms with Crippen LogP contribution in [0.5, 0.6) is 0 Å². The van der Waals surface area contributed by atoms with E-state index < -0.39 is 0 Å². The molecular formula is C7H7N5OS. The molecule has 0 bridgehead atoms. The van der Waals surface area contributed by atoms with Gasteiger partial charge in [-0.1, -0.05) is 0 Å². The predicted molar refractivity (Wildman–Crippen MR) is 53.6 cm³/mol. The molecule has 0 aromatic carbocycles. The summed E-state index contributed by atoms with van der Waals surface area (Å²) in [6.45, 7) is 0. The number of nitrogens with one attached hydrogen (secondary N) is 2. The van der Waals surface area contributed by atoms with Crippen LogP contribution in [0.2, 0.25) is 0 Å². The second kappa shape index (κ2) is 3.11. The zero-order valence-corrected chi connectivity index (χ0v) is 7.84. The van der Waals surface area contributed by atoms with E-state index in [9.17, 15) is 4.79 Å². The van der Waals surface area contributed by atoms with Crippen molar-refractivity contribution in [2.24, 2.45) is 0 Å². The van der Waals surface area contributed by atoms with Crippen LogP contribution in [-0.4, -0.2) is 19.9 Å². The molecule has 0 saturated carbocycles. The second-order valence-electron chi connectivity index (χ2n) is 2.64. The van der Waals surface area contributed by atoms with Crippen molar-refractivity contribution in [3.8, 4) is 11.4 Å². The van der Waals surface area contributed by atoms with Crippen molar-refractivity contribution in [2.75, 3.05) is 5.84 Å². The lowest BCUT2D eigenvalue weighted by molar-refractivity contribution is 0.981. The zero-order valence-electron chi connectivity index (χ0n) is 7.02. The molecule has 0 spiro atoms. The van der Waals surface area contributed by atoms with E-state index in [0.29, 0.717) is 11.4 Å². The fraction of sp³-hybridized carbons (Fsp3) is 0. The molecule has 0 unspecified atom stereocenters. The van der Waals surface area contributed by atoms with Crippen molar-refractivity contribution in [1.29, 1.82) is 0 Å². The van der Waals surface area contributed by atoms with Crippen LogP contribution < -0.4 is 11.3 Å². The minimum absolute atomic E-state index is 0.163. The van der Waals surface area contributed by atoms with Gasteiger partial charge in [0, 0.05) is 18.5 Å². The van der Waals surface area contributed by atoms with Crippen LogP contribution in [-0.2, 0) is 0 Å². The van der Waals surface area contributed by atoms with Crippen LogP contribution in [0.3, 0.4) is 0 Å². The molecule has 2 rings (SSSR count). The van der Waals surface area contributed by atoms with Gasteiger partial charge in [0.1, 0.15) is 0 Å². The van der Waals surface area contributed by atoms with Gasteiger partial charge in [-0.2, -0.15) is 5.10 Å². The smallest absolute Gasteiger partial charge is 0.214 e. The second-order valence-corrected chi connectivity index (χ2v) is 3.03. The maximum atomic E-state index is 11.4. The molecule has 4 N–H and O–H groups in total. The Morgan fingerprint density at radius 2 is 2.36 bits per heavy atom. The number of nitrogen functional groups attached to an aromatic ring is 1. The molecule has 0 atom stereocenters. The summed E-state index contributed by atoms with van der Waals surface area (Å²) in [5, 5.41) is 6.35. The Morgan fingerprint density at radius 3 is 2.93 bits per heavy atom. The SMILES string of the molecule is Nn1c(-c2c[nH]ccc2=O)n[nH]c1=S. The minimum Gasteiger partial charge on any atom is -0.367 e. The molecular weight excluding hydrogens is 202 g/mol. The van der Waals surface area contributed by atoms with Gasteiger partial charge in [-0.25, -0.2) is 9.77 Å². The van der Waals surface area contributed by atoms with Gasteiger partial charge >= 0.3 is 0 Å². The van der Waals surface area contributed by atoms with Crippen molar-refractivity contribution in [2.45, 2.75) is 0 Å². The fourth-order valence-corrected chi connectivity index (χ4v) is 1.22. The van der Waals surface area contributed by atoms with E-state index in [-0.39, 0.29) is 10.2 Å². The lowest BCUT2D eigenvalue weighted by atomic mass is 10.2. The van der Waals surface area contributed by atoms with Crippen LogP contribution >= 0.6 is 12.2 Å². The summed E-state index contributed by atoms with van der Waals surface area (Å²) in [5.41, 5.74) is 0.215. The van der Waals surface area contributed by atoms with Crippen LogP contribution in [0.15, 0.2) is 23.3 Å². The standard InChI is InChI=1S/C7H7N5OS/c8-12-6(10-11-7(12)14)4-3-9-2-1-5(4)13/h1-3H,8H2,(H,9,13)(H,11,14). The van der Waals surface area contributed by atoms with E-state index in [1.807, 2.05) is 0 Å². The molecule has 0 saturated heterocycles. The summed E-state index contributed by atoms with van der Waals surface area (Å²) in [6, 6.07) is 1.40. The van der Waals surface area contributed by atoms with Gasteiger partial charge in [-0.05, 0) is 12.2 Å². The van der Waals surface area contributed by atoms with E-state index in [2.05, 4.69) is 15.2 Å². The van der Waals surface area contributed by atoms with Gasteiger partial charge in [-0.15, -0.1) is 0 Å². The highest BCUT2D eigenvalue weighted by Crippen LogP contribution is 2.07. The average molecular weight is 209 g/mol. The third-order valence-electron chi connectivity index (χ3n) is 1.77. The monoisotopic (exact) mass is 209 g/mol. The van der Waals surface area contributed by atoms with Crippen LogP contribution in [0.4, 0.5) is 0 Å². The minimum atomic E-state index is -0.163. The van der Waals surface area contributed by atoms with Gasteiger partial charge in [0.05, 0.1) is 5.56 Å². The molecule has 0 aliphatic carbocycles. The largest absolute Gasteiger partial charge is 0.367 e. The highest BCUT2D eigenvalue weighted by atomic mass is 32.1. The first-order valence-corrected chi connectivity index (χ1v) is 4.21. The normalized spacial score (nSPS) is 10.3. The molecule has 14 heavy (non-hydrogen) atoms. The van der Waals surface area contributed by atoms with Crippen molar-refractivity contribution < 1.29 is 0 Å². The highest BCUT2D eigenvalue weighted by Gasteiger charge is 2.08. The number of aromatic nitrogens is 4. The molecule has 72 valence electrons. The maximum absolute atomic E-state index is 11.4. The zero-order chi connectivity index (χ0) is 10.1. The number of H-pyrrole nitrogens is 2. The van der Waals surface area contributed by atoms with Crippen LogP contribution in [0.1, 0.15) is 0 Å². The number of nitrogens with two attached hydrogens (primary N) is 1. The summed E-state index contributed by atoms with van der Waals surface area (Å²) in [6.07, 6.45) is 3.06. The lowest BCUT2D eigenvalue weighted by Gasteiger charge is -1.97. The number of hydrogen-bond donors (Lipinski definition) is 3. The summed E-state index contributed by atoms with van der Waals surface area (Å²) < 4.78 is 1.42. The number of rotatable bonds is 1. The first-order valence-electron chi connectivity index (χ1n) is 3.80. The Bertz CT molecular complexity index is 566. The number of aromatic amines is 2. The van der Waals surface area contributed by atoms with Gasteiger partial charge in [0.15, 0.2) is 11.3 Å². The number of pyridine rings is 1. The lowest BCUT2D eigenvalue weighted by Crippen LogP contribution is -2.14. The molecule has 6 nitrogen and oxygen atoms in total. The quantitative estimate of drug-likeness (QED) is 0.455. The fourth-order valence-electron chi connectivity index (χ4n) is 1.09. The molecule has 0 radical (unpaired) electrons.